The third kappa shape index (κ3) is 5.06. The summed E-state index contributed by atoms with van der Waals surface area (Å²) in [6.07, 6.45) is 5.23. The Kier molecular flexibility index (Phi) is 7.50. The molecule has 0 saturated carbocycles. The molecule has 0 atom stereocenters. The van der Waals surface area contributed by atoms with E-state index in [0.717, 1.165) is 20.5 Å². The van der Waals surface area contributed by atoms with E-state index in [1.165, 1.54) is 13.2 Å². The minimum Gasteiger partial charge on any atom is -0.493 e. The number of carbonyl (C=O) groups excluding carboxylic acids is 3. The van der Waals surface area contributed by atoms with Crippen molar-refractivity contribution in [1.82, 2.24) is 5.32 Å². The molecule has 2 aromatic rings. The summed E-state index contributed by atoms with van der Waals surface area (Å²) in [5, 5.41) is 2.23. The van der Waals surface area contributed by atoms with Gasteiger partial charge in [0.15, 0.2) is 11.5 Å². The molecule has 0 spiro atoms. The molecule has 0 radical (unpaired) electrons. The number of amides is 4. The molecule has 1 aliphatic rings. The molecule has 1 saturated heterocycles. The summed E-state index contributed by atoms with van der Waals surface area (Å²) in [6, 6.07) is 7.68. The van der Waals surface area contributed by atoms with Crippen molar-refractivity contribution in [2.45, 2.75) is 13.3 Å². The van der Waals surface area contributed by atoms with E-state index in [4.69, 9.17) is 9.47 Å². The quantitative estimate of drug-likeness (QED) is 0.315. The minimum atomic E-state index is -0.804. The number of barbiturate groups is 1. The fraction of sp³-hybridized carbons (Fsp3) is 0.160. The van der Waals surface area contributed by atoms with Gasteiger partial charge in [0, 0.05) is 10.0 Å². The predicted molar refractivity (Wildman–Crippen MR) is 130 cm³/mol. The maximum atomic E-state index is 13.2. The van der Waals surface area contributed by atoms with E-state index in [2.05, 4.69) is 34.4 Å². The van der Waals surface area contributed by atoms with Crippen LogP contribution in [0, 0.1) is 6.92 Å². The number of halogens is 1. The van der Waals surface area contributed by atoms with Gasteiger partial charge in [-0.2, -0.15) is 0 Å². The zero-order valence-corrected chi connectivity index (χ0v) is 19.9. The molecule has 0 bridgehead atoms. The van der Waals surface area contributed by atoms with Gasteiger partial charge < -0.3 is 9.47 Å². The van der Waals surface area contributed by atoms with Gasteiger partial charge in [0.1, 0.15) is 12.2 Å². The van der Waals surface area contributed by atoms with Gasteiger partial charge >= 0.3 is 6.03 Å². The van der Waals surface area contributed by atoms with Gasteiger partial charge in [0.25, 0.3) is 11.8 Å². The summed E-state index contributed by atoms with van der Waals surface area (Å²) < 4.78 is 12.0. The first-order valence-corrected chi connectivity index (χ1v) is 10.8. The second-order valence-corrected chi connectivity index (χ2v) is 8.05. The smallest absolute Gasteiger partial charge is 0.335 e. The van der Waals surface area contributed by atoms with Crippen LogP contribution in [0.3, 0.4) is 0 Å². The lowest BCUT2D eigenvalue weighted by Gasteiger charge is -2.26. The SMILES string of the molecule is C=CCOc1c(CC=C)cc(/C=C2\C(=O)NC(=O)N(c3ccc(Br)c(C)c3)C2=O)cc1OC. The van der Waals surface area contributed by atoms with Crippen LogP contribution in [0.4, 0.5) is 10.5 Å². The first-order chi connectivity index (χ1) is 15.8. The number of urea groups is 1. The van der Waals surface area contributed by atoms with Gasteiger partial charge in [0.05, 0.1) is 12.8 Å². The normalized spacial score (nSPS) is 14.8. The molecule has 4 amide bonds. The fourth-order valence-corrected chi connectivity index (χ4v) is 3.60. The molecule has 8 heteroatoms. The van der Waals surface area contributed by atoms with E-state index in [0.29, 0.717) is 29.2 Å². The third-order valence-corrected chi connectivity index (χ3v) is 5.79. The highest BCUT2D eigenvalue weighted by atomic mass is 79.9. The molecule has 7 nitrogen and oxygen atoms in total. The summed E-state index contributed by atoms with van der Waals surface area (Å²) >= 11 is 3.40. The Morgan fingerprint density at radius 1 is 1.12 bits per heavy atom. The molecule has 2 aromatic carbocycles. The largest absolute Gasteiger partial charge is 0.493 e. The highest BCUT2D eigenvalue weighted by Crippen LogP contribution is 2.35. The molecule has 1 aliphatic heterocycles. The average molecular weight is 511 g/mol. The Hall–Kier alpha value is -3.65. The van der Waals surface area contributed by atoms with Crippen molar-refractivity contribution in [3.05, 3.63) is 82.4 Å². The van der Waals surface area contributed by atoms with Gasteiger partial charge in [-0.3, -0.25) is 14.9 Å². The van der Waals surface area contributed by atoms with Crippen LogP contribution in [0.5, 0.6) is 11.5 Å². The van der Waals surface area contributed by atoms with E-state index in [1.807, 2.05) is 6.92 Å². The molecule has 1 heterocycles. The topological polar surface area (TPSA) is 84.9 Å². The number of hydrogen-bond acceptors (Lipinski definition) is 5. The molecular formula is C25H23BrN2O5. The lowest BCUT2D eigenvalue weighted by Crippen LogP contribution is -2.54. The van der Waals surface area contributed by atoms with Gasteiger partial charge in [-0.25, -0.2) is 9.69 Å². The number of carbonyl (C=O) groups is 3. The lowest BCUT2D eigenvalue weighted by molar-refractivity contribution is -0.122. The minimum absolute atomic E-state index is 0.179. The zero-order valence-electron chi connectivity index (χ0n) is 18.3. The predicted octanol–water partition coefficient (Wildman–Crippen LogP) is 4.73. The molecular weight excluding hydrogens is 488 g/mol. The molecule has 0 aliphatic carbocycles. The van der Waals surface area contributed by atoms with E-state index < -0.39 is 17.8 Å². The number of allylic oxidation sites excluding steroid dienone is 1. The van der Waals surface area contributed by atoms with E-state index >= 15 is 0 Å². The number of nitrogens with zero attached hydrogens (tertiary/aromatic N) is 1. The van der Waals surface area contributed by atoms with Crippen LogP contribution >= 0.6 is 15.9 Å². The van der Waals surface area contributed by atoms with Crippen molar-refractivity contribution >= 4 is 45.5 Å². The maximum absolute atomic E-state index is 13.2. The van der Waals surface area contributed by atoms with Crippen molar-refractivity contribution in [3.63, 3.8) is 0 Å². The first kappa shape index (κ1) is 24.0. The second kappa shape index (κ2) is 10.3. The van der Waals surface area contributed by atoms with Crippen molar-refractivity contribution < 1.29 is 23.9 Å². The zero-order chi connectivity index (χ0) is 24.1. The highest BCUT2D eigenvalue weighted by Gasteiger charge is 2.37. The molecule has 1 N–H and O–H groups in total. The van der Waals surface area contributed by atoms with Gasteiger partial charge in [0.2, 0.25) is 0 Å². The van der Waals surface area contributed by atoms with Crippen molar-refractivity contribution in [3.8, 4) is 11.5 Å². The number of rotatable bonds is 8. The Labute approximate surface area is 200 Å². The van der Waals surface area contributed by atoms with Crippen LogP contribution in [0.1, 0.15) is 16.7 Å². The van der Waals surface area contributed by atoms with Crippen LogP contribution in [-0.2, 0) is 16.0 Å². The number of aryl methyl sites for hydroxylation is 1. The Bertz CT molecular complexity index is 1190. The summed E-state index contributed by atoms with van der Waals surface area (Å²) in [4.78, 5) is 39.2. The van der Waals surface area contributed by atoms with Crippen molar-refractivity contribution in [1.29, 1.82) is 0 Å². The van der Waals surface area contributed by atoms with Gasteiger partial charge in [-0.05, 0) is 60.9 Å². The number of methoxy groups -OCH3 is 1. The fourth-order valence-electron chi connectivity index (χ4n) is 3.36. The number of benzene rings is 2. The first-order valence-electron chi connectivity index (χ1n) is 10.0. The van der Waals surface area contributed by atoms with E-state index in [9.17, 15) is 14.4 Å². The van der Waals surface area contributed by atoms with Gasteiger partial charge in [-0.1, -0.05) is 34.7 Å². The Morgan fingerprint density at radius 2 is 1.88 bits per heavy atom. The number of ether oxygens (including phenoxy) is 2. The molecule has 170 valence electrons. The second-order valence-electron chi connectivity index (χ2n) is 7.20. The van der Waals surface area contributed by atoms with Crippen LogP contribution in [0.2, 0.25) is 0 Å². The lowest BCUT2D eigenvalue weighted by atomic mass is 10.0. The van der Waals surface area contributed by atoms with Crippen molar-refractivity contribution in [2.75, 3.05) is 18.6 Å². The van der Waals surface area contributed by atoms with E-state index in [1.54, 1.807) is 42.5 Å². The van der Waals surface area contributed by atoms with Crippen LogP contribution < -0.4 is 19.7 Å². The molecule has 3 rings (SSSR count). The summed E-state index contributed by atoms with van der Waals surface area (Å²) in [5.74, 6) is -0.530. The number of nitrogens with one attached hydrogen (secondary N) is 1. The number of anilines is 1. The highest BCUT2D eigenvalue weighted by molar-refractivity contribution is 9.10. The van der Waals surface area contributed by atoms with Crippen molar-refractivity contribution in [2.24, 2.45) is 0 Å². The van der Waals surface area contributed by atoms with Gasteiger partial charge in [-0.15, -0.1) is 6.58 Å². The maximum Gasteiger partial charge on any atom is 0.335 e. The summed E-state index contributed by atoms with van der Waals surface area (Å²) in [5.41, 5.74) is 2.31. The summed E-state index contributed by atoms with van der Waals surface area (Å²) in [7, 11) is 1.50. The monoisotopic (exact) mass is 510 g/mol. The molecule has 0 unspecified atom stereocenters. The molecule has 1 fully saturated rings. The van der Waals surface area contributed by atoms with Crippen LogP contribution in [-0.4, -0.2) is 31.6 Å². The summed E-state index contributed by atoms with van der Waals surface area (Å²) in [6.45, 7) is 9.55. The van der Waals surface area contributed by atoms with Crippen LogP contribution in [0.25, 0.3) is 6.08 Å². The average Bonchev–Trinajstić information content (AvgIpc) is 2.78. The Morgan fingerprint density at radius 3 is 2.52 bits per heavy atom. The third-order valence-electron chi connectivity index (χ3n) is 4.90. The van der Waals surface area contributed by atoms with Crippen LogP contribution in [0.15, 0.2) is 65.7 Å². The van der Waals surface area contributed by atoms with E-state index in [-0.39, 0.29) is 12.2 Å². The molecule has 0 aromatic heterocycles. The molecule has 33 heavy (non-hydrogen) atoms. The standard InChI is InChI=1S/C25H23BrN2O5/c1-5-7-17-12-16(14-21(32-4)22(17)33-10-6-2)13-19-23(29)27-25(31)28(24(19)30)18-8-9-20(26)15(3)11-18/h5-6,8-9,11-14H,1-2,7,10H2,3-4H3,(H,27,29,31)/b19-13+. The Balaban J connectivity index is 2.07. The number of imide groups is 2. The number of hydrogen-bond donors (Lipinski definition) is 1.